The summed E-state index contributed by atoms with van der Waals surface area (Å²) in [4.78, 5) is 15.9. The molecule has 0 spiro atoms. The monoisotopic (exact) mass is 826 g/mol. The van der Waals surface area contributed by atoms with Gasteiger partial charge in [-0.3, -0.25) is 0 Å². The fraction of sp³-hybridized carbons (Fsp3) is 0. The molecule has 0 radical (unpaired) electrons. The van der Waals surface area contributed by atoms with Gasteiger partial charge < -0.3 is 4.57 Å². The van der Waals surface area contributed by atoms with Crippen molar-refractivity contribution in [2.45, 2.75) is 0 Å². The van der Waals surface area contributed by atoms with E-state index in [0.717, 1.165) is 60.9 Å². The molecule has 4 heteroatoms. The van der Waals surface area contributed by atoms with E-state index in [2.05, 4.69) is 199 Å². The molecule has 0 aliphatic carbocycles. The lowest BCUT2D eigenvalue weighted by Gasteiger charge is -2.21. The van der Waals surface area contributed by atoms with Gasteiger partial charge in [-0.15, -0.1) is 0 Å². The molecule has 11 aromatic carbocycles. The highest BCUT2D eigenvalue weighted by molar-refractivity contribution is 6.22. The summed E-state index contributed by atoms with van der Waals surface area (Å²) in [6, 6.07) is 82.7. The van der Waals surface area contributed by atoms with Gasteiger partial charge in [0.25, 0.3) is 0 Å². The Bertz CT molecular complexity index is 3930. The predicted molar refractivity (Wildman–Crippen MR) is 271 cm³/mol. The minimum Gasteiger partial charge on any atom is -0.307 e. The van der Waals surface area contributed by atoms with Crippen LogP contribution in [0.4, 0.5) is 0 Å². The van der Waals surface area contributed by atoms with E-state index in [1.54, 1.807) is 0 Å². The Morgan fingerprint density at radius 3 is 1.48 bits per heavy atom. The Morgan fingerprint density at radius 2 is 0.785 bits per heavy atom. The Balaban J connectivity index is 1.23. The predicted octanol–water partition coefficient (Wildman–Crippen LogP) is 15.9. The lowest BCUT2D eigenvalue weighted by atomic mass is 9.90. The fourth-order valence-electron chi connectivity index (χ4n) is 9.85. The van der Waals surface area contributed by atoms with Gasteiger partial charge in [0.15, 0.2) is 17.5 Å². The molecule has 2 heterocycles. The van der Waals surface area contributed by atoms with Crippen molar-refractivity contribution in [1.29, 1.82) is 0 Å². The highest BCUT2D eigenvalue weighted by atomic mass is 15.0. The maximum Gasteiger partial charge on any atom is 0.164 e. The Morgan fingerprint density at radius 1 is 0.262 bits per heavy atom. The van der Waals surface area contributed by atoms with E-state index < -0.39 is 0 Å². The number of rotatable bonds is 6. The molecule has 65 heavy (non-hydrogen) atoms. The maximum absolute atomic E-state index is 5.37. The van der Waals surface area contributed by atoms with Gasteiger partial charge in [0, 0.05) is 43.8 Å². The second-order valence-electron chi connectivity index (χ2n) is 16.8. The fourth-order valence-corrected chi connectivity index (χ4v) is 9.85. The van der Waals surface area contributed by atoms with E-state index >= 15 is 0 Å². The number of aromatic nitrogens is 4. The average molecular weight is 827 g/mol. The second kappa shape index (κ2) is 15.0. The Labute approximate surface area is 375 Å². The number of hydrogen-bond donors (Lipinski definition) is 0. The smallest absolute Gasteiger partial charge is 0.164 e. The topological polar surface area (TPSA) is 43.6 Å². The van der Waals surface area contributed by atoms with E-state index in [4.69, 9.17) is 15.0 Å². The van der Waals surface area contributed by atoms with Gasteiger partial charge in [-0.2, -0.15) is 0 Å². The number of nitrogens with zero attached hydrogens (tertiary/aromatic N) is 4. The first kappa shape index (κ1) is 36.9. The zero-order chi connectivity index (χ0) is 42.8. The molecule has 0 aliphatic heterocycles. The second-order valence-corrected chi connectivity index (χ2v) is 16.8. The summed E-state index contributed by atoms with van der Waals surface area (Å²) in [6.07, 6.45) is 0. The van der Waals surface area contributed by atoms with Gasteiger partial charge in [-0.1, -0.05) is 200 Å². The van der Waals surface area contributed by atoms with E-state index in [-0.39, 0.29) is 0 Å². The Kier molecular flexibility index (Phi) is 8.50. The van der Waals surface area contributed by atoms with Crippen molar-refractivity contribution in [3.63, 3.8) is 0 Å². The summed E-state index contributed by atoms with van der Waals surface area (Å²) in [5.74, 6) is 1.86. The van der Waals surface area contributed by atoms with Crippen molar-refractivity contribution >= 4 is 64.9 Å². The third-order valence-electron chi connectivity index (χ3n) is 13.0. The third-order valence-corrected chi connectivity index (χ3v) is 13.0. The van der Waals surface area contributed by atoms with Gasteiger partial charge in [0.05, 0.1) is 16.7 Å². The molecule has 0 saturated carbocycles. The summed E-state index contributed by atoms with van der Waals surface area (Å²) >= 11 is 0. The average Bonchev–Trinajstić information content (AvgIpc) is 3.70. The summed E-state index contributed by atoms with van der Waals surface area (Å²) in [5.41, 5.74) is 10.6. The van der Waals surface area contributed by atoms with Gasteiger partial charge in [-0.25, -0.2) is 15.0 Å². The van der Waals surface area contributed by atoms with Crippen LogP contribution in [0.1, 0.15) is 0 Å². The van der Waals surface area contributed by atoms with Crippen LogP contribution in [0.25, 0.3) is 127 Å². The summed E-state index contributed by atoms with van der Waals surface area (Å²) in [7, 11) is 0. The summed E-state index contributed by atoms with van der Waals surface area (Å²) < 4.78 is 2.55. The van der Waals surface area contributed by atoms with Crippen molar-refractivity contribution in [2.24, 2.45) is 0 Å². The summed E-state index contributed by atoms with van der Waals surface area (Å²) in [6.45, 7) is 0. The van der Waals surface area contributed by atoms with Crippen LogP contribution in [-0.4, -0.2) is 19.5 Å². The van der Waals surface area contributed by atoms with Crippen molar-refractivity contribution in [3.05, 3.63) is 231 Å². The molecule has 0 amide bonds. The largest absolute Gasteiger partial charge is 0.307 e. The van der Waals surface area contributed by atoms with Gasteiger partial charge in [0.2, 0.25) is 0 Å². The van der Waals surface area contributed by atoms with Crippen LogP contribution < -0.4 is 0 Å². The van der Waals surface area contributed by atoms with Crippen LogP contribution in [0.15, 0.2) is 231 Å². The van der Waals surface area contributed by atoms with Gasteiger partial charge >= 0.3 is 0 Å². The molecule has 2 aromatic heterocycles. The molecule has 302 valence electrons. The molecule has 0 bridgehead atoms. The lowest BCUT2D eigenvalue weighted by Crippen LogP contribution is -2.04. The van der Waals surface area contributed by atoms with Crippen molar-refractivity contribution in [2.75, 3.05) is 0 Å². The summed E-state index contributed by atoms with van der Waals surface area (Å²) in [5, 5.41) is 11.7. The molecule has 0 fully saturated rings. The first-order chi connectivity index (χ1) is 32.2. The van der Waals surface area contributed by atoms with Crippen LogP contribution in [-0.2, 0) is 0 Å². The maximum atomic E-state index is 5.37. The quantitative estimate of drug-likeness (QED) is 0.168. The highest BCUT2D eigenvalue weighted by Gasteiger charge is 2.25. The first-order valence-electron chi connectivity index (χ1n) is 22.1. The van der Waals surface area contributed by atoms with Crippen LogP contribution in [0, 0.1) is 0 Å². The van der Waals surface area contributed by atoms with E-state index in [1.165, 1.54) is 48.6 Å². The van der Waals surface area contributed by atoms with Crippen LogP contribution in [0.3, 0.4) is 0 Å². The normalized spacial score (nSPS) is 11.7. The van der Waals surface area contributed by atoms with E-state index in [9.17, 15) is 0 Å². The number of hydrogen-bond acceptors (Lipinski definition) is 3. The zero-order valence-electron chi connectivity index (χ0n) is 35.2. The van der Waals surface area contributed by atoms with Crippen molar-refractivity contribution in [1.82, 2.24) is 19.5 Å². The molecule has 13 rings (SSSR count). The molecule has 0 unspecified atom stereocenters. The third kappa shape index (κ3) is 6.18. The van der Waals surface area contributed by atoms with Gasteiger partial charge in [0.1, 0.15) is 0 Å². The lowest BCUT2D eigenvalue weighted by molar-refractivity contribution is 1.08. The minimum absolute atomic E-state index is 0.611. The molecule has 0 N–H and O–H groups in total. The van der Waals surface area contributed by atoms with Crippen LogP contribution >= 0.6 is 0 Å². The molecule has 4 nitrogen and oxygen atoms in total. The van der Waals surface area contributed by atoms with Crippen molar-refractivity contribution < 1.29 is 0 Å². The van der Waals surface area contributed by atoms with Crippen LogP contribution in [0.5, 0.6) is 0 Å². The van der Waals surface area contributed by atoms with E-state index in [0.29, 0.717) is 17.5 Å². The van der Waals surface area contributed by atoms with E-state index in [1.807, 2.05) is 36.4 Å². The number of fused-ring (bicyclic) bond motifs is 8. The molecular formula is C61H38N4. The molecule has 0 saturated heterocycles. The first-order valence-corrected chi connectivity index (χ1v) is 22.1. The molecule has 0 aliphatic rings. The SMILES string of the molecule is c1ccc(-c2ccc3c(-n4c5cc6ccccc6cc5c5ccc6ccccc6c54)c(-c4ccc5ccccc5c4)cc(-c4nc(-c5ccccc5)nc(-c5ccccc5)n4)c3c2)cc1. The molecule has 0 atom stereocenters. The standard InChI is InChI=1S/C61H38N4/c1-4-16-39(17-5-1)47-31-33-50-53(35-47)55(61-63-59(42-20-6-2-7-21-42)62-60(64-61)43-22-8-3-9-23-43)38-52(48-29-28-40-18-10-11-24-44(40)34-48)58(50)65-56-37-46-26-13-12-25-45(46)36-54(56)51-32-30-41-19-14-15-27-49(41)57(51)65/h1-38H. The van der Waals surface area contributed by atoms with Crippen LogP contribution in [0.2, 0.25) is 0 Å². The Hall–Kier alpha value is -8.73. The minimum atomic E-state index is 0.611. The number of benzene rings is 11. The van der Waals surface area contributed by atoms with Crippen molar-refractivity contribution in [3.8, 4) is 62.1 Å². The molecule has 13 aromatic rings. The zero-order valence-corrected chi connectivity index (χ0v) is 35.2. The van der Waals surface area contributed by atoms with Gasteiger partial charge in [-0.05, 0) is 79.3 Å². The molecular weight excluding hydrogens is 789 g/mol. The highest BCUT2D eigenvalue weighted by Crippen LogP contribution is 2.47.